The summed E-state index contributed by atoms with van der Waals surface area (Å²) in [6, 6.07) is 4.62. The molecule has 1 aliphatic heterocycles. The number of hydrogen-bond acceptors (Lipinski definition) is 3. The molecule has 2 rings (SSSR count). The van der Waals surface area contributed by atoms with Gasteiger partial charge in [0.1, 0.15) is 0 Å². The summed E-state index contributed by atoms with van der Waals surface area (Å²) >= 11 is 3.33. The third-order valence-corrected chi connectivity index (χ3v) is 4.04. The quantitative estimate of drug-likeness (QED) is 0.678. The summed E-state index contributed by atoms with van der Waals surface area (Å²) in [6.45, 7) is 1.48. The summed E-state index contributed by atoms with van der Waals surface area (Å²) in [5.74, 6) is -3.61. The Labute approximate surface area is 153 Å². The predicted molar refractivity (Wildman–Crippen MR) is 93.7 cm³/mol. The van der Waals surface area contributed by atoms with Crippen molar-refractivity contribution in [2.75, 3.05) is 18.4 Å². The van der Waals surface area contributed by atoms with E-state index in [-0.39, 0.29) is 31.3 Å². The van der Waals surface area contributed by atoms with Gasteiger partial charge >= 0.3 is 0 Å². The van der Waals surface area contributed by atoms with Crippen molar-refractivity contribution in [3.8, 4) is 0 Å². The van der Waals surface area contributed by atoms with E-state index in [4.69, 9.17) is 0 Å². The Bertz CT molecular complexity index is 616. The van der Waals surface area contributed by atoms with Crippen LogP contribution in [0.2, 0.25) is 0 Å². The number of hydrogen-bond donors (Lipinski definition) is 3. The van der Waals surface area contributed by atoms with Gasteiger partial charge in [-0.25, -0.2) is 8.78 Å². The highest BCUT2D eigenvalue weighted by atomic mass is 79.9. The van der Waals surface area contributed by atoms with E-state index in [9.17, 15) is 18.4 Å². The largest absolute Gasteiger partial charge is 0.354 e. The van der Waals surface area contributed by atoms with Crippen molar-refractivity contribution in [1.29, 1.82) is 0 Å². The van der Waals surface area contributed by atoms with Gasteiger partial charge in [0.2, 0.25) is 11.8 Å². The molecule has 1 atom stereocenters. The van der Waals surface area contributed by atoms with Gasteiger partial charge in [-0.3, -0.25) is 14.9 Å². The fraction of sp³-hybridized carbons (Fsp3) is 0.467. The average Bonchev–Trinajstić information content (AvgIpc) is 2.83. The Kier molecular flexibility index (Phi) is 7.56. The van der Waals surface area contributed by atoms with Crippen LogP contribution in [0.5, 0.6) is 0 Å². The molecule has 0 radical (unpaired) electrons. The number of rotatable bonds is 5. The first-order valence-corrected chi connectivity index (χ1v) is 8.01. The minimum absolute atomic E-state index is 0. The van der Waals surface area contributed by atoms with Crippen molar-refractivity contribution in [2.45, 2.75) is 31.7 Å². The Hall–Kier alpha value is -1.25. The highest BCUT2D eigenvalue weighted by molar-refractivity contribution is 9.10. The molecule has 0 saturated carbocycles. The number of aryl methyl sites for hydroxylation is 1. The van der Waals surface area contributed by atoms with E-state index in [1.54, 1.807) is 6.07 Å². The van der Waals surface area contributed by atoms with E-state index in [1.165, 1.54) is 0 Å². The molecule has 5 nitrogen and oxygen atoms in total. The molecule has 24 heavy (non-hydrogen) atoms. The molecule has 0 aromatic heterocycles. The first-order valence-electron chi connectivity index (χ1n) is 7.22. The zero-order valence-corrected chi connectivity index (χ0v) is 15.4. The van der Waals surface area contributed by atoms with Crippen molar-refractivity contribution >= 4 is 45.8 Å². The summed E-state index contributed by atoms with van der Waals surface area (Å²) in [5, 5.41) is 7.72. The van der Waals surface area contributed by atoms with Crippen molar-refractivity contribution < 1.29 is 18.4 Å². The number of amides is 2. The SMILES string of the molecule is Cc1ccc(Br)cc1NC(=O)CCNC(=O)C1CC(F)(F)CN1.Cl. The van der Waals surface area contributed by atoms with E-state index in [1.807, 2.05) is 19.1 Å². The van der Waals surface area contributed by atoms with Crippen LogP contribution in [0.25, 0.3) is 0 Å². The molecule has 1 unspecified atom stereocenters. The van der Waals surface area contributed by atoms with E-state index in [0.29, 0.717) is 5.69 Å². The molecule has 1 fully saturated rings. The first kappa shape index (κ1) is 20.8. The second-order valence-electron chi connectivity index (χ2n) is 5.54. The summed E-state index contributed by atoms with van der Waals surface area (Å²) in [6.07, 6.45) is -0.441. The zero-order chi connectivity index (χ0) is 17.0. The van der Waals surface area contributed by atoms with Gasteiger partial charge in [0.15, 0.2) is 0 Å². The van der Waals surface area contributed by atoms with Crippen LogP contribution in [0.3, 0.4) is 0 Å². The van der Waals surface area contributed by atoms with Gasteiger partial charge < -0.3 is 10.6 Å². The van der Waals surface area contributed by atoms with Gasteiger partial charge in [-0.15, -0.1) is 12.4 Å². The van der Waals surface area contributed by atoms with Crippen molar-refractivity contribution in [1.82, 2.24) is 10.6 Å². The number of carbonyl (C=O) groups excluding carboxylic acids is 2. The molecular weight excluding hydrogens is 408 g/mol. The van der Waals surface area contributed by atoms with Crippen molar-refractivity contribution in [3.63, 3.8) is 0 Å². The van der Waals surface area contributed by atoms with Gasteiger partial charge in [0.05, 0.1) is 12.6 Å². The second kappa shape index (κ2) is 8.73. The maximum atomic E-state index is 13.0. The first-order chi connectivity index (χ1) is 10.8. The lowest BCUT2D eigenvalue weighted by molar-refractivity contribution is -0.123. The third kappa shape index (κ3) is 5.99. The molecule has 0 aliphatic carbocycles. The van der Waals surface area contributed by atoms with E-state index < -0.39 is 30.8 Å². The van der Waals surface area contributed by atoms with E-state index in [2.05, 4.69) is 31.9 Å². The number of halogens is 4. The number of nitrogens with one attached hydrogen (secondary N) is 3. The van der Waals surface area contributed by atoms with Crippen LogP contribution >= 0.6 is 28.3 Å². The van der Waals surface area contributed by atoms with Crippen LogP contribution in [0.4, 0.5) is 14.5 Å². The number of benzene rings is 1. The minimum atomic E-state index is -2.85. The van der Waals surface area contributed by atoms with Crippen LogP contribution in [0.1, 0.15) is 18.4 Å². The van der Waals surface area contributed by atoms with Crippen LogP contribution < -0.4 is 16.0 Å². The van der Waals surface area contributed by atoms with Crippen LogP contribution in [-0.4, -0.2) is 36.9 Å². The molecule has 1 aromatic rings. The van der Waals surface area contributed by atoms with Crippen LogP contribution in [0.15, 0.2) is 22.7 Å². The average molecular weight is 427 g/mol. The van der Waals surface area contributed by atoms with Gasteiger partial charge in [-0.05, 0) is 24.6 Å². The number of alkyl halides is 2. The normalized spacial score (nSPS) is 18.6. The molecule has 3 N–H and O–H groups in total. The highest BCUT2D eigenvalue weighted by Gasteiger charge is 2.42. The monoisotopic (exact) mass is 425 g/mol. The van der Waals surface area contributed by atoms with Crippen molar-refractivity contribution in [3.05, 3.63) is 28.2 Å². The van der Waals surface area contributed by atoms with Gasteiger partial charge in [0.25, 0.3) is 5.92 Å². The maximum absolute atomic E-state index is 13.0. The van der Waals surface area contributed by atoms with Crippen LogP contribution in [0, 0.1) is 6.92 Å². The highest BCUT2D eigenvalue weighted by Crippen LogP contribution is 2.25. The fourth-order valence-electron chi connectivity index (χ4n) is 2.26. The van der Waals surface area contributed by atoms with Crippen molar-refractivity contribution in [2.24, 2.45) is 0 Å². The third-order valence-electron chi connectivity index (χ3n) is 3.55. The number of anilines is 1. The zero-order valence-electron chi connectivity index (χ0n) is 13.0. The molecule has 134 valence electrons. The summed E-state index contributed by atoms with van der Waals surface area (Å²) < 4.78 is 26.9. The lowest BCUT2D eigenvalue weighted by Gasteiger charge is -2.12. The smallest absolute Gasteiger partial charge is 0.262 e. The lowest BCUT2D eigenvalue weighted by atomic mass is 10.2. The molecule has 1 aromatic carbocycles. The fourth-order valence-corrected chi connectivity index (χ4v) is 2.63. The van der Waals surface area contributed by atoms with Crippen LogP contribution in [-0.2, 0) is 9.59 Å². The second-order valence-corrected chi connectivity index (χ2v) is 6.46. The number of carbonyl (C=O) groups is 2. The summed E-state index contributed by atoms with van der Waals surface area (Å²) in [5.41, 5.74) is 1.61. The molecule has 0 spiro atoms. The molecule has 9 heteroatoms. The Morgan fingerprint density at radius 1 is 1.42 bits per heavy atom. The Morgan fingerprint density at radius 2 is 2.12 bits per heavy atom. The van der Waals surface area contributed by atoms with Gasteiger partial charge in [-0.1, -0.05) is 22.0 Å². The molecule has 1 aliphatic rings. The lowest BCUT2D eigenvalue weighted by Crippen LogP contribution is -2.41. The van der Waals surface area contributed by atoms with Gasteiger partial charge in [0, 0.05) is 29.5 Å². The molecular formula is C15H19BrClF2N3O2. The maximum Gasteiger partial charge on any atom is 0.262 e. The Balaban J connectivity index is 0.00000288. The Morgan fingerprint density at radius 3 is 2.75 bits per heavy atom. The summed E-state index contributed by atoms with van der Waals surface area (Å²) in [7, 11) is 0. The minimum Gasteiger partial charge on any atom is -0.354 e. The molecule has 0 bridgehead atoms. The van der Waals surface area contributed by atoms with Gasteiger partial charge in [-0.2, -0.15) is 0 Å². The summed E-state index contributed by atoms with van der Waals surface area (Å²) in [4.78, 5) is 23.6. The molecule has 2 amide bonds. The molecule has 1 heterocycles. The van der Waals surface area contributed by atoms with E-state index >= 15 is 0 Å². The van der Waals surface area contributed by atoms with E-state index in [0.717, 1.165) is 10.0 Å². The standard InChI is InChI=1S/C15H18BrF2N3O2.ClH/c1-9-2-3-10(16)6-11(9)21-13(22)4-5-19-14(23)12-7-15(17,18)8-20-12;/h2-3,6,12,20H,4-5,7-8H2,1H3,(H,19,23)(H,21,22);1H. The molecule has 1 saturated heterocycles. The predicted octanol–water partition coefficient (Wildman–Crippen LogP) is 2.62. The topological polar surface area (TPSA) is 70.2 Å².